The van der Waals surface area contributed by atoms with Gasteiger partial charge in [0.2, 0.25) is 0 Å². The van der Waals surface area contributed by atoms with E-state index in [0.29, 0.717) is 5.41 Å². The summed E-state index contributed by atoms with van der Waals surface area (Å²) in [7, 11) is 0. The first kappa shape index (κ1) is 18.7. The highest BCUT2D eigenvalue weighted by Gasteiger charge is 2.33. The average molecular weight is 381 g/mol. The van der Waals surface area contributed by atoms with Crippen molar-refractivity contribution >= 4 is 16.8 Å². The predicted octanol–water partition coefficient (Wildman–Crippen LogP) is 8.59. The van der Waals surface area contributed by atoms with Crippen LogP contribution in [0.2, 0.25) is 0 Å². The smallest absolute Gasteiger partial charge is 0.00574 e. The van der Waals surface area contributed by atoms with Crippen molar-refractivity contribution in [2.24, 2.45) is 5.41 Å². The number of benzene rings is 3. The molecule has 0 atom stereocenters. The SMILES string of the molecule is CCCC1(CC2=Cc3c(cccc3-c3cccc4ccccc34)C2)CCCCC1. The Morgan fingerprint density at radius 2 is 1.55 bits per heavy atom. The van der Waals surface area contributed by atoms with Crippen LogP contribution in [0.1, 0.15) is 69.4 Å². The molecule has 2 aliphatic rings. The van der Waals surface area contributed by atoms with Crippen LogP contribution < -0.4 is 0 Å². The first-order chi connectivity index (χ1) is 14.3. The van der Waals surface area contributed by atoms with E-state index in [1.165, 1.54) is 84.4 Å². The molecule has 0 heteroatoms. The second kappa shape index (κ2) is 7.82. The van der Waals surface area contributed by atoms with E-state index in [0.717, 1.165) is 6.42 Å². The number of hydrogen-bond donors (Lipinski definition) is 0. The molecule has 0 bridgehead atoms. The third kappa shape index (κ3) is 3.54. The molecule has 0 saturated heterocycles. The van der Waals surface area contributed by atoms with Crippen LogP contribution >= 0.6 is 0 Å². The van der Waals surface area contributed by atoms with Crippen molar-refractivity contribution < 1.29 is 0 Å². The molecule has 0 nitrogen and oxygen atoms in total. The van der Waals surface area contributed by atoms with E-state index in [2.05, 4.69) is 73.7 Å². The Hall–Kier alpha value is -2.34. The maximum atomic E-state index is 2.55. The molecule has 3 aromatic rings. The Labute approximate surface area is 175 Å². The topological polar surface area (TPSA) is 0 Å². The van der Waals surface area contributed by atoms with E-state index in [1.807, 2.05) is 0 Å². The molecule has 1 saturated carbocycles. The van der Waals surface area contributed by atoms with E-state index in [1.54, 1.807) is 5.57 Å². The molecule has 0 heterocycles. The second-order valence-corrected chi connectivity index (χ2v) is 9.37. The highest BCUT2D eigenvalue weighted by molar-refractivity contribution is 5.99. The van der Waals surface area contributed by atoms with Crippen LogP contribution in [-0.2, 0) is 6.42 Å². The predicted molar refractivity (Wildman–Crippen MR) is 126 cm³/mol. The van der Waals surface area contributed by atoms with E-state index in [4.69, 9.17) is 0 Å². The molecule has 0 unspecified atom stereocenters. The van der Waals surface area contributed by atoms with Crippen LogP contribution in [-0.4, -0.2) is 0 Å². The third-order valence-corrected chi connectivity index (χ3v) is 7.34. The molecule has 0 aliphatic heterocycles. The van der Waals surface area contributed by atoms with E-state index in [-0.39, 0.29) is 0 Å². The molecule has 0 amide bonds. The van der Waals surface area contributed by atoms with Crippen molar-refractivity contribution in [3.8, 4) is 11.1 Å². The normalized spacial score (nSPS) is 17.9. The van der Waals surface area contributed by atoms with Gasteiger partial charge in [0.05, 0.1) is 0 Å². The van der Waals surface area contributed by atoms with Gasteiger partial charge in [0, 0.05) is 0 Å². The first-order valence-corrected chi connectivity index (χ1v) is 11.6. The van der Waals surface area contributed by atoms with Gasteiger partial charge in [-0.05, 0) is 70.5 Å². The molecule has 0 radical (unpaired) electrons. The lowest BCUT2D eigenvalue weighted by atomic mass is 9.67. The van der Waals surface area contributed by atoms with Crippen molar-refractivity contribution in [1.82, 2.24) is 0 Å². The summed E-state index contributed by atoms with van der Waals surface area (Å²) in [6, 6.07) is 22.4. The van der Waals surface area contributed by atoms with Crippen LogP contribution in [0, 0.1) is 5.41 Å². The Morgan fingerprint density at radius 1 is 0.793 bits per heavy atom. The fourth-order valence-electron chi connectivity index (χ4n) is 6.08. The fraction of sp³-hybridized carbons (Fsp3) is 0.379. The highest BCUT2D eigenvalue weighted by Crippen LogP contribution is 2.47. The molecular weight excluding hydrogens is 348 g/mol. The number of allylic oxidation sites excluding steroid dienone is 1. The minimum absolute atomic E-state index is 0.570. The van der Waals surface area contributed by atoms with Crippen LogP contribution in [0.4, 0.5) is 0 Å². The summed E-state index contributed by atoms with van der Waals surface area (Å²) in [5, 5.41) is 2.69. The van der Waals surface area contributed by atoms with Gasteiger partial charge in [0.25, 0.3) is 0 Å². The molecule has 0 N–H and O–H groups in total. The van der Waals surface area contributed by atoms with E-state index < -0.39 is 0 Å². The molecule has 0 aromatic heterocycles. The van der Waals surface area contributed by atoms with Crippen LogP contribution in [0.15, 0.2) is 66.2 Å². The van der Waals surface area contributed by atoms with Crippen molar-refractivity contribution in [3.05, 3.63) is 77.4 Å². The summed E-state index contributed by atoms with van der Waals surface area (Å²) in [6.45, 7) is 2.37. The first-order valence-electron chi connectivity index (χ1n) is 11.6. The lowest BCUT2D eigenvalue weighted by Gasteiger charge is -2.38. The molecule has 0 spiro atoms. The van der Waals surface area contributed by atoms with E-state index >= 15 is 0 Å². The number of rotatable bonds is 5. The largest absolute Gasteiger partial charge is 0.0654 e. The van der Waals surface area contributed by atoms with Gasteiger partial charge in [0.1, 0.15) is 0 Å². The zero-order valence-electron chi connectivity index (χ0n) is 17.7. The summed E-state index contributed by atoms with van der Waals surface area (Å²) in [6.07, 6.45) is 14.9. The van der Waals surface area contributed by atoms with Gasteiger partial charge in [-0.1, -0.05) is 105 Å². The van der Waals surface area contributed by atoms with Gasteiger partial charge in [-0.3, -0.25) is 0 Å². The molecule has 2 aliphatic carbocycles. The molecule has 148 valence electrons. The van der Waals surface area contributed by atoms with Crippen molar-refractivity contribution in [1.29, 1.82) is 0 Å². The zero-order chi connectivity index (χ0) is 19.7. The average Bonchev–Trinajstić information content (AvgIpc) is 3.16. The Kier molecular flexibility index (Phi) is 5.04. The molecular formula is C29H32. The van der Waals surface area contributed by atoms with Gasteiger partial charge >= 0.3 is 0 Å². The lowest BCUT2D eigenvalue weighted by Crippen LogP contribution is -2.24. The minimum Gasteiger partial charge on any atom is -0.0654 e. The summed E-state index contributed by atoms with van der Waals surface area (Å²) < 4.78 is 0. The minimum atomic E-state index is 0.570. The fourth-order valence-corrected chi connectivity index (χ4v) is 6.08. The standard InChI is InChI=1S/C29H32/c1-2-16-29(17-6-3-7-18-29)21-22-19-24-12-9-15-27(28(24)20-22)26-14-8-11-23-10-4-5-13-25(23)26/h4-5,8-15,20H,2-3,6-7,16-19,21H2,1H3. The molecule has 3 aromatic carbocycles. The third-order valence-electron chi connectivity index (χ3n) is 7.34. The maximum Gasteiger partial charge on any atom is -0.00574 e. The Morgan fingerprint density at radius 3 is 2.41 bits per heavy atom. The van der Waals surface area contributed by atoms with Gasteiger partial charge < -0.3 is 0 Å². The van der Waals surface area contributed by atoms with Crippen molar-refractivity contribution in [2.75, 3.05) is 0 Å². The van der Waals surface area contributed by atoms with E-state index in [9.17, 15) is 0 Å². The Bertz CT molecular complexity index is 1040. The van der Waals surface area contributed by atoms with Crippen LogP contribution in [0.25, 0.3) is 28.0 Å². The maximum absolute atomic E-state index is 2.55. The zero-order valence-corrected chi connectivity index (χ0v) is 17.7. The Balaban J connectivity index is 1.52. The van der Waals surface area contributed by atoms with Crippen molar-refractivity contribution in [2.45, 2.75) is 64.7 Å². The van der Waals surface area contributed by atoms with Crippen LogP contribution in [0.3, 0.4) is 0 Å². The van der Waals surface area contributed by atoms with Crippen molar-refractivity contribution in [3.63, 3.8) is 0 Å². The molecule has 1 fully saturated rings. The van der Waals surface area contributed by atoms with Gasteiger partial charge in [-0.2, -0.15) is 0 Å². The lowest BCUT2D eigenvalue weighted by molar-refractivity contribution is 0.169. The highest BCUT2D eigenvalue weighted by atomic mass is 14.4. The molecule has 5 rings (SSSR count). The molecule has 29 heavy (non-hydrogen) atoms. The van der Waals surface area contributed by atoms with Gasteiger partial charge in [-0.25, -0.2) is 0 Å². The quantitative estimate of drug-likeness (QED) is 0.416. The summed E-state index contributed by atoms with van der Waals surface area (Å²) >= 11 is 0. The summed E-state index contributed by atoms with van der Waals surface area (Å²) in [5.41, 5.74) is 8.01. The summed E-state index contributed by atoms with van der Waals surface area (Å²) in [5.74, 6) is 0. The van der Waals surface area contributed by atoms with Gasteiger partial charge in [0.15, 0.2) is 0 Å². The van der Waals surface area contributed by atoms with Gasteiger partial charge in [-0.15, -0.1) is 0 Å². The number of fused-ring (bicyclic) bond motifs is 2. The van der Waals surface area contributed by atoms with Crippen LogP contribution in [0.5, 0.6) is 0 Å². The summed E-state index contributed by atoms with van der Waals surface area (Å²) in [4.78, 5) is 0. The monoisotopic (exact) mass is 380 g/mol. The number of hydrogen-bond acceptors (Lipinski definition) is 0. The second-order valence-electron chi connectivity index (χ2n) is 9.37.